The fourth-order valence-corrected chi connectivity index (χ4v) is 1.94. The van der Waals surface area contributed by atoms with Crippen molar-refractivity contribution < 1.29 is 4.39 Å². The van der Waals surface area contributed by atoms with Crippen molar-refractivity contribution in [3.8, 4) is 11.1 Å². The number of benzene rings is 2. The SMILES string of the molecule is Nc1ccc(-c2ccc(Cl)cc2Cl)cc1F. The summed E-state index contributed by atoms with van der Waals surface area (Å²) in [5, 5.41) is 1.03. The summed E-state index contributed by atoms with van der Waals surface area (Å²) >= 11 is 11.8. The number of halogens is 3. The van der Waals surface area contributed by atoms with Crippen LogP contribution in [0.25, 0.3) is 11.1 Å². The number of nitrogen functional groups attached to an aromatic ring is 1. The van der Waals surface area contributed by atoms with E-state index in [1.807, 2.05) is 0 Å². The third kappa shape index (κ3) is 2.13. The Morgan fingerprint density at radius 3 is 2.38 bits per heavy atom. The fourth-order valence-electron chi connectivity index (χ4n) is 1.42. The molecule has 2 aromatic rings. The van der Waals surface area contributed by atoms with Crippen molar-refractivity contribution >= 4 is 28.9 Å². The lowest BCUT2D eigenvalue weighted by Gasteiger charge is -2.06. The first-order valence-corrected chi connectivity index (χ1v) is 5.34. The molecule has 0 aliphatic rings. The van der Waals surface area contributed by atoms with Crippen molar-refractivity contribution in [2.75, 3.05) is 5.73 Å². The second kappa shape index (κ2) is 4.32. The maximum atomic E-state index is 13.3. The largest absolute Gasteiger partial charge is 0.396 e. The number of hydrogen-bond donors (Lipinski definition) is 1. The van der Waals surface area contributed by atoms with Gasteiger partial charge in [0.1, 0.15) is 5.82 Å². The molecule has 0 atom stereocenters. The van der Waals surface area contributed by atoms with Crippen LogP contribution in [0.5, 0.6) is 0 Å². The van der Waals surface area contributed by atoms with E-state index in [-0.39, 0.29) is 5.69 Å². The van der Waals surface area contributed by atoms with Crippen LogP contribution in [0.15, 0.2) is 36.4 Å². The topological polar surface area (TPSA) is 26.0 Å². The van der Waals surface area contributed by atoms with Crippen LogP contribution in [0.4, 0.5) is 10.1 Å². The lowest BCUT2D eigenvalue weighted by Crippen LogP contribution is -1.90. The van der Waals surface area contributed by atoms with Gasteiger partial charge in [-0.05, 0) is 29.8 Å². The molecule has 0 heterocycles. The Kier molecular flexibility index (Phi) is 3.03. The monoisotopic (exact) mass is 255 g/mol. The van der Waals surface area contributed by atoms with Crippen LogP contribution < -0.4 is 5.73 Å². The lowest BCUT2D eigenvalue weighted by atomic mass is 10.1. The minimum Gasteiger partial charge on any atom is -0.396 e. The summed E-state index contributed by atoms with van der Waals surface area (Å²) in [6.45, 7) is 0. The Bertz CT molecular complexity index is 541. The Labute approximate surface area is 103 Å². The van der Waals surface area contributed by atoms with Crippen LogP contribution in [0.3, 0.4) is 0 Å². The number of anilines is 1. The summed E-state index contributed by atoms with van der Waals surface area (Å²) in [5.74, 6) is -0.455. The molecule has 0 saturated heterocycles. The first-order valence-electron chi connectivity index (χ1n) is 4.58. The Hall–Kier alpha value is -1.25. The van der Waals surface area contributed by atoms with E-state index in [0.717, 1.165) is 5.56 Å². The van der Waals surface area contributed by atoms with Crippen LogP contribution >= 0.6 is 23.2 Å². The van der Waals surface area contributed by atoms with Gasteiger partial charge in [-0.1, -0.05) is 35.3 Å². The van der Waals surface area contributed by atoms with Gasteiger partial charge in [0.2, 0.25) is 0 Å². The van der Waals surface area contributed by atoms with Crippen molar-refractivity contribution in [2.45, 2.75) is 0 Å². The Balaban J connectivity index is 2.54. The van der Waals surface area contributed by atoms with Gasteiger partial charge < -0.3 is 5.73 Å². The van der Waals surface area contributed by atoms with Gasteiger partial charge in [0, 0.05) is 15.6 Å². The number of rotatable bonds is 1. The zero-order valence-corrected chi connectivity index (χ0v) is 9.69. The molecule has 4 heteroatoms. The van der Waals surface area contributed by atoms with Gasteiger partial charge in [-0.15, -0.1) is 0 Å². The minimum atomic E-state index is -0.455. The van der Waals surface area contributed by atoms with Crippen molar-refractivity contribution in [2.24, 2.45) is 0 Å². The highest BCUT2D eigenvalue weighted by Crippen LogP contribution is 2.31. The normalized spacial score (nSPS) is 10.4. The molecular weight excluding hydrogens is 248 g/mol. The van der Waals surface area contributed by atoms with Crippen molar-refractivity contribution in [1.82, 2.24) is 0 Å². The minimum absolute atomic E-state index is 0.119. The van der Waals surface area contributed by atoms with Crippen LogP contribution in [-0.4, -0.2) is 0 Å². The van der Waals surface area contributed by atoms with Crippen LogP contribution in [0.2, 0.25) is 10.0 Å². The molecule has 0 aliphatic carbocycles. The second-order valence-electron chi connectivity index (χ2n) is 3.36. The molecule has 0 saturated carbocycles. The molecular formula is C12H8Cl2FN. The molecule has 0 radical (unpaired) electrons. The van der Waals surface area contributed by atoms with E-state index in [0.29, 0.717) is 15.6 Å². The molecule has 0 fully saturated rings. The molecule has 2 rings (SSSR count). The second-order valence-corrected chi connectivity index (χ2v) is 4.20. The van der Waals surface area contributed by atoms with Crippen molar-refractivity contribution in [1.29, 1.82) is 0 Å². The highest BCUT2D eigenvalue weighted by Gasteiger charge is 2.06. The van der Waals surface area contributed by atoms with Gasteiger partial charge in [-0.25, -0.2) is 4.39 Å². The molecule has 0 aromatic heterocycles. The van der Waals surface area contributed by atoms with E-state index < -0.39 is 5.82 Å². The Morgan fingerprint density at radius 1 is 1.00 bits per heavy atom. The van der Waals surface area contributed by atoms with Gasteiger partial charge in [-0.3, -0.25) is 0 Å². The predicted molar refractivity (Wildman–Crippen MR) is 66.3 cm³/mol. The number of hydrogen-bond acceptors (Lipinski definition) is 1. The maximum absolute atomic E-state index is 13.3. The highest BCUT2D eigenvalue weighted by atomic mass is 35.5. The predicted octanol–water partition coefficient (Wildman–Crippen LogP) is 4.38. The third-order valence-corrected chi connectivity index (χ3v) is 2.79. The summed E-state index contributed by atoms with van der Waals surface area (Å²) in [6.07, 6.45) is 0. The quantitative estimate of drug-likeness (QED) is 0.752. The first-order chi connectivity index (χ1) is 7.58. The van der Waals surface area contributed by atoms with Gasteiger partial charge in [0.25, 0.3) is 0 Å². The van der Waals surface area contributed by atoms with E-state index in [1.54, 1.807) is 24.3 Å². The number of nitrogens with two attached hydrogens (primary N) is 1. The molecule has 2 N–H and O–H groups in total. The molecule has 1 nitrogen and oxygen atoms in total. The smallest absolute Gasteiger partial charge is 0.146 e. The zero-order chi connectivity index (χ0) is 11.7. The van der Waals surface area contributed by atoms with E-state index >= 15 is 0 Å². The summed E-state index contributed by atoms with van der Waals surface area (Å²) in [7, 11) is 0. The third-order valence-electron chi connectivity index (χ3n) is 2.24. The molecule has 2 aromatic carbocycles. The molecule has 0 aliphatic heterocycles. The summed E-state index contributed by atoms with van der Waals surface area (Å²) in [5.41, 5.74) is 6.92. The van der Waals surface area contributed by atoms with Gasteiger partial charge in [0.05, 0.1) is 5.69 Å². The average Bonchev–Trinajstić information content (AvgIpc) is 2.22. The molecule has 0 amide bonds. The molecule has 0 spiro atoms. The van der Waals surface area contributed by atoms with Crippen LogP contribution in [-0.2, 0) is 0 Å². The van der Waals surface area contributed by atoms with Gasteiger partial charge in [0.15, 0.2) is 0 Å². The summed E-state index contributed by atoms with van der Waals surface area (Å²) < 4.78 is 13.3. The van der Waals surface area contributed by atoms with Gasteiger partial charge in [-0.2, -0.15) is 0 Å². The van der Waals surface area contributed by atoms with E-state index in [1.165, 1.54) is 12.1 Å². The van der Waals surface area contributed by atoms with Crippen LogP contribution in [0, 0.1) is 5.82 Å². The average molecular weight is 256 g/mol. The van der Waals surface area contributed by atoms with Crippen LogP contribution in [0.1, 0.15) is 0 Å². The molecule has 0 bridgehead atoms. The summed E-state index contributed by atoms with van der Waals surface area (Å²) in [6, 6.07) is 9.65. The van der Waals surface area contributed by atoms with E-state index in [9.17, 15) is 4.39 Å². The molecule has 16 heavy (non-hydrogen) atoms. The van der Waals surface area contributed by atoms with Gasteiger partial charge >= 0.3 is 0 Å². The van der Waals surface area contributed by atoms with Crippen molar-refractivity contribution in [3.05, 3.63) is 52.3 Å². The Morgan fingerprint density at radius 2 is 1.75 bits per heavy atom. The molecule has 0 unspecified atom stereocenters. The van der Waals surface area contributed by atoms with E-state index in [4.69, 9.17) is 28.9 Å². The zero-order valence-electron chi connectivity index (χ0n) is 8.18. The first kappa shape index (κ1) is 11.2. The fraction of sp³-hybridized carbons (Fsp3) is 0. The summed E-state index contributed by atoms with van der Waals surface area (Å²) in [4.78, 5) is 0. The highest BCUT2D eigenvalue weighted by molar-refractivity contribution is 6.36. The maximum Gasteiger partial charge on any atom is 0.146 e. The lowest BCUT2D eigenvalue weighted by molar-refractivity contribution is 0.633. The van der Waals surface area contributed by atoms with Crippen molar-refractivity contribution in [3.63, 3.8) is 0 Å². The van der Waals surface area contributed by atoms with E-state index in [2.05, 4.69) is 0 Å². The molecule has 82 valence electrons. The standard InChI is InChI=1S/C12H8Cl2FN/c13-8-2-3-9(10(14)6-8)7-1-4-12(16)11(15)5-7/h1-6H,16H2.